The van der Waals surface area contributed by atoms with E-state index in [0.717, 1.165) is 34.0 Å². The quantitative estimate of drug-likeness (QED) is 0.304. The number of rotatable bonds is 6. The molecule has 3 atom stereocenters. The predicted molar refractivity (Wildman–Crippen MR) is 160 cm³/mol. The van der Waals surface area contributed by atoms with Gasteiger partial charge in [0.1, 0.15) is 5.69 Å². The fourth-order valence-corrected chi connectivity index (χ4v) is 6.31. The fraction of sp³-hybridized carbons (Fsp3) is 0.353. The van der Waals surface area contributed by atoms with Gasteiger partial charge in [-0.3, -0.25) is 19.4 Å². The number of piperazine rings is 1. The Bertz CT molecular complexity index is 1620. The van der Waals surface area contributed by atoms with Crippen molar-refractivity contribution in [3.05, 3.63) is 89.9 Å². The van der Waals surface area contributed by atoms with Crippen molar-refractivity contribution in [3.8, 4) is 11.1 Å². The molecule has 4 heterocycles. The lowest BCUT2D eigenvalue weighted by Crippen LogP contribution is -2.53. The third-order valence-electron chi connectivity index (χ3n) is 8.69. The van der Waals surface area contributed by atoms with Gasteiger partial charge in [0.25, 0.3) is 5.91 Å². The SMILES string of the molecule is Cc1ccc2cc(C(=O)C[C@H](C(=O)N3C[C@@H]4C[C@H]3CN4C(=O)c3ccc(-c4ccccc4)cn3)C(C)(C)C)[nH]c2c1. The van der Waals surface area contributed by atoms with Gasteiger partial charge in [0.2, 0.25) is 5.91 Å². The topological polar surface area (TPSA) is 86.4 Å². The molecule has 2 aromatic heterocycles. The molecule has 2 amide bonds. The third-order valence-corrected chi connectivity index (χ3v) is 8.69. The summed E-state index contributed by atoms with van der Waals surface area (Å²) in [4.78, 5) is 52.2. The molecule has 7 nitrogen and oxygen atoms in total. The van der Waals surface area contributed by atoms with Crippen LogP contribution >= 0.6 is 0 Å². The summed E-state index contributed by atoms with van der Waals surface area (Å²) in [5.74, 6) is -0.610. The molecule has 2 aliphatic heterocycles. The number of H-pyrrole nitrogens is 1. The second kappa shape index (κ2) is 10.3. The molecule has 2 bridgehead atoms. The highest BCUT2D eigenvalue weighted by molar-refractivity contribution is 6.01. The van der Waals surface area contributed by atoms with Crippen LogP contribution in [0.4, 0.5) is 0 Å². The molecule has 0 spiro atoms. The number of hydrogen-bond donors (Lipinski definition) is 1. The lowest BCUT2D eigenvalue weighted by Gasteiger charge is -2.39. The highest BCUT2D eigenvalue weighted by atomic mass is 16.2. The van der Waals surface area contributed by atoms with Crippen molar-refractivity contribution in [2.24, 2.45) is 11.3 Å². The van der Waals surface area contributed by atoms with Crippen LogP contribution in [0.1, 0.15) is 60.2 Å². The van der Waals surface area contributed by atoms with Crippen LogP contribution in [-0.4, -0.2) is 62.5 Å². The van der Waals surface area contributed by atoms with Gasteiger partial charge in [-0.25, -0.2) is 0 Å². The van der Waals surface area contributed by atoms with Gasteiger partial charge in [0.15, 0.2) is 5.78 Å². The summed E-state index contributed by atoms with van der Waals surface area (Å²) in [7, 11) is 0. The average Bonchev–Trinajstić information content (AvgIpc) is 3.69. The van der Waals surface area contributed by atoms with Crippen LogP contribution in [0.5, 0.6) is 0 Å². The van der Waals surface area contributed by atoms with E-state index in [0.29, 0.717) is 24.5 Å². The minimum atomic E-state index is -0.459. The average molecular weight is 549 g/mol. The molecule has 0 aliphatic carbocycles. The largest absolute Gasteiger partial charge is 0.352 e. The summed E-state index contributed by atoms with van der Waals surface area (Å²) in [6.45, 7) is 9.06. The van der Waals surface area contributed by atoms with Crippen molar-refractivity contribution >= 4 is 28.5 Å². The van der Waals surface area contributed by atoms with Gasteiger partial charge in [-0.15, -0.1) is 0 Å². The molecule has 2 aromatic carbocycles. The Morgan fingerprint density at radius 2 is 1.66 bits per heavy atom. The molecule has 2 fully saturated rings. The van der Waals surface area contributed by atoms with Gasteiger partial charge < -0.3 is 14.8 Å². The number of carbonyl (C=O) groups excluding carboxylic acids is 3. The number of nitrogens with zero attached hydrogens (tertiary/aromatic N) is 3. The summed E-state index contributed by atoms with van der Waals surface area (Å²) >= 11 is 0. The Kier molecular flexibility index (Phi) is 6.76. The van der Waals surface area contributed by atoms with E-state index < -0.39 is 11.3 Å². The second-order valence-electron chi connectivity index (χ2n) is 12.6. The number of pyridine rings is 1. The Labute approximate surface area is 240 Å². The number of Topliss-reactive ketones (excluding diaryl/α,β-unsaturated/α-hetero) is 1. The Hall–Kier alpha value is -4.26. The van der Waals surface area contributed by atoms with Crippen LogP contribution in [0.15, 0.2) is 72.9 Å². The molecule has 7 heteroatoms. The Morgan fingerprint density at radius 1 is 0.927 bits per heavy atom. The van der Waals surface area contributed by atoms with E-state index in [1.54, 1.807) is 12.3 Å². The van der Waals surface area contributed by atoms with Crippen LogP contribution < -0.4 is 0 Å². The van der Waals surface area contributed by atoms with Gasteiger partial charge in [-0.05, 0) is 48.1 Å². The summed E-state index contributed by atoms with van der Waals surface area (Å²) in [5, 5.41) is 0.989. The number of fused-ring (bicyclic) bond motifs is 3. The Morgan fingerprint density at radius 3 is 2.32 bits per heavy atom. The zero-order chi connectivity index (χ0) is 28.9. The number of hydrogen-bond acceptors (Lipinski definition) is 4. The summed E-state index contributed by atoms with van der Waals surface area (Å²) in [6.07, 6.45) is 2.64. The van der Waals surface area contributed by atoms with Crippen molar-refractivity contribution in [2.75, 3.05) is 13.1 Å². The van der Waals surface area contributed by atoms with Crippen LogP contribution in [-0.2, 0) is 4.79 Å². The van der Waals surface area contributed by atoms with E-state index in [-0.39, 0.29) is 36.1 Å². The molecule has 4 aromatic rings. The number of aromatic amines is 1. The Balaban J connectivity index is 1.13. The fourth-order valence-electron chi connectivity index (χ4n) is 6.31. The monoisotopic (exact) mass is 548 g/mol. The van der Waals surface area contributed by atoms with Gasteiger partial charge in [0, 0.05) is 42.2 Å². The summed E-state index contributed by atoms with van der Waals surface area (Å²) in [5.41, 5.74) is 4.64. The minimum absolute atomic E-state index is 0.00254. The van der Waals surface area contributed by atoms with E-state index in [4.69, 9.17) is 0 Å². The maximum absolute atomic E-state index is 13.9. The maximum Gasteiger partial charge on any atom is 0.272 e. The highest BCUT2D eigenvalue weighted by Gasteiger charge is 2.50. The first-order valence-electron chi connectivity index (χ1n) is 14.3. The first-order valence-corrected chi connectivity index (χ1v) is 14.3. The van der Waals surface area contributed by atoms with Crippen molar-refractivity contribution in [1.29, 1.82) is 0 Å². The van der Waals surface area contributed by atoms with Crippen LogP contribution in [0.25, 0.3) is 22.0 Å². The maximum atomic E-state index is 13.9. The highest BCUT2D eigenvalue weighted by Crippen LogP contribution is 2.38. The number of amides is 2. The number of likely N-dealkylation sites (tertiary alicyclic amines) is 2. The van der Waals surface area contributed by atoms with Crippen LogP contribution in [0.2, 0.25) is 0 Å². The van der Waals surface area contributed by atoms with Crippen molar-refractivity contribution in [3.63, 3.8) is 0 Å². The number of aromatic nitrogens is 2. The lowest BCUT2D eigenvalue weighted by molar-refractivity contribution is -0.141. The zero-order valence-corrected chi connectivity index (χ0v) is 24.1. The van der Waals surface area contributed by atoms with Gasteiger partial charge >= 0.3 is 0 Å². The van der Waals surface area contributed by atoms with E-state index in [1.165, 1.54) is 0 Å². The molecule has 2 saturated heterocycles. The molecule has 0 unspecified atom stereocenters. The number of aryl methyl sites for hydroxylation is 1. The molecule has 0 saturated carbocycles. The standard InChI is InChI=1S/C34H36N4O3/c1-21-10-11-23-15-30(36-29(23)14-21)31(39)17-27(34(2,3)4)32(40)37-19-26-16-25(37)20-38(26)33(41)28-13-12-24(18-35-28)22-8-6-5-7-9-22/h5-15,18,25-27,36H,16-17,19-20H2,1-4H3/t25-,26-,27+/m0/s1. The van der Waals surface area contributed by atoms with E-state index in [2.05, 4.69) is 9.97 Å². The first kappa shape index (κ1) is 26.9. The van der Waals surface area contributed by atoms with E-state index in [9.17, 15) is 14.4 Å². The number of benzene rings is 2. The normalized spacial score (nSPS) is 19.1. The third kappa shape index (κ3) is 5.17. The second-order valence-corrected chi connectivity index (χ2v) is 12.6. The van der Waals surface area contributed by atoms with E-state index in [1.807, 2.05) is 98.2 Å². The molecule has 0 radical (unpaired) electrons. The zero-order valence-electron chi connectivity index (χ0n) is 24.1. The molecule has 1 N–H and O–H groups in total. The number of carbonyl (C=O) groups is 3. The summed E-state index contributed by atoms with van der Waals surface area (Å²) < 4.78 is 0. The molecular weight excluding hydrogens is 512 g/mol. The van der Waals surface area contributed by atoms with Crippen molar-refractivity contribution in [1.82, 2.24) is 19.8 Å². The molecule has 41 heavy (non-hydrogen) atoms. The smallest absolute Gasteiger partial charge is 0.272 e. The van der Waals surface area contributed by atoms with Crippen molar-refractivity contribution < 1.29 is 14.4 Å². The number of nitrogens with one attached hydrogen (secondary N) is 1. The molecule has 2 aliphatic rings. The lowest BCUT2D eigenvalue weighted by atomic mass is 9.76. The molecule has 210 valence electrons. The first-order chi connectivity index (χ1) is 19.6. The van der Waals surface area contributed by atoms with Gasteiger partial charge in [0.05, 0.1) is 23.7 Å². The molecular formula is C34H36N4O3. The van der Waals surface area contributed by atoms with Gasteiger partial charge in [-0.2, -0.15) is 0 Å². The summed E-state index contributed by atoms with van der Waals surface area (Å²) in [6, 6.07) is 21.5. The van der Waals surface area contributed by atoms with Gasteiger partial charge in [-0.1, -0.05) is 69.3 Å². The minimum Gasteiger partial charge on any atom is -0.352 e. The van der Waals surface area contributed by atoms with Crippen LogP contribution in [0.3, 0.4) is 0 Å². The van der Waals surface area contributed by atoms with E-state index >= 15 is 0 Å². The predicted octanol–water partition coefficient (Wildman–Crippen LogP) is 5.90. The molecule has 6 rings (SSSR count). The van der Waals surface area contributed by atoms with Crippen LogP contribution in [0, 0.1) is 18.3 Å². The van der Waals surface area contributed by atoms with Crippen molar-refractivity contribution in [2.45, 2.75) is 52.6 Å². The number of ketones is 1.